The Labute approximate surface area is 774 Å². The fourth-order valence-electron chi connectivity index (χ4n) is 13.1. The molecule has 0 bridgehead atoms. The van der Waals surface area contributed by atoms with E-state index in [0.29, 0.717) is 100 Å². The number of nitrogens with two attached hydrogens (primary N) is 3. The van der Waals surface area contributed by atoms with Crippen LogP contribution in [0.1, 0.15) is 86.5 Å². The van der Waals surface area contributed by atoms with Gasteiger partial charge in [0.15, 0.2) is 0 Å². The van der Waals surface area contributed by atoms with Crippen LogP contribution in [0.15, 0.2) is 256 Å². The predicted molar refractivity (Wildman–Crippen MR) is 506 cm³/mol. The third-order valence-electron chi connectivity index (χ3n) is 21.9. The van der Waals surface area contributed by atoms with E-state index in [2.05, 4.69) is 43.5 Å². The van der Waals surface area contributed by atoms with Crippen LogP contribution >= 0.6 is 23.2 Å². The molecule has 5 saturated heterocycles. The van der Waals surface area contributed by atoms with E-state index in [9.17, 15) is 46.6 Å². The number of pyridine rings is 3. The number of hydrogen-bond donors (Lipinski definition) is 8. The van der Waals surface area contributed by atoms with Gasteiger partial charge in [0.2, 0.25) is 11.1 Å². The molecule has 3 aromatic heterocycles. The summed E-state index contributed by atoms with van der Waals surface area (Å²) in [6.07, 6.45) is 2.36. The molecule has 4 amide bonds. The minimum absolute atomic E-state index is 0.0877. The monoisotopic (exact) mass is 1840 g/mol. The van der Waals surface area contributed by atoms with Gasteiger partial charge >= 0.3 is 21.4 Å². The molecular formula is C96H103B3Cl2F4N12O15. The molecule has 5 fully saturated rings. The predicted octanol–water partition coefficient (Wildman–Crippen LogP) is 13.1. The second-order valence-electron chi connectivity index (χ2n) is 32.2. The summed E-state index contributed by atoms with van der Waals surface area (Å²) < 4.78 is 92.1. The normalized spacial score (nSPS) is 15.4. The molecule has 16 rings (SSSR count). The number of nitrogens with one attached hydrogen (secondary N) is 2. The Morgan fingerprint density at radius 2 is 0.697 bits per heavy atom. The summed E-state index contributed by atoms with van der Waals surface area (Å²) in [5.41, 5.74) is 20.5. The molecule has 27 nitrogen and oxygen atoms in total. The number of phenolic OH excluding ortho intramolecular Hbond substituents is 1. The van der Waals surface area contributed by atoms with Gasteiger partial charge in [0, 0.05) is 89.7 Å². The van der Waals surface area contributed by atoms with Crippen molar-refractivity contribution in [3.05, 3.63) is 301 Å². The van der Waals surface area contributed by atoms with Crippen LogP contribution in [-0.2, 0) is 28.2 Å². The average Bonchev–Trinajstić information content (AvgIpc) is 1.65. The van der Waals surface area contributed by atoms with Crippen LogP contribution in [0.3, 0.4) is 0 Å². The number of ether oxygens (including phenoxy) is 3. The number of hydrogen-bond acceptors (Lipinski definition) is 23. The van der Waals surface area contributed by atoms with Gasteiger partial charge in [-0.25, -0.2) is 32.5 Å². The SMILES string of the molecule is C=CC(=O)Cl.C=CC(=O)N1CCN(c2ccc(C(N)=O)c(-c3ccc(Oc4ccc(F)cc4)cc3)n2)CC1.CC1(C)OB(c2ccc(O)cc2)OC1(C)C.CC1(C)OB(c2ccc(Oc3ccc(F)cc3)cc2)OC1(C)C.NC(=O)c1ccc(N2CCNCC2)nc1-c1ccc(Oc2ccc(F)cc2)cc1.NC(=O)c1ccc(N2CCNCC2)nc1Cl.OB(O)c1ccc(F)cc1. The van der Waals surface area contributed by atoms with Crippen molar-refractivity contribution in [3.63, 3.8) is 0 Å². The molecule has 5 aliphatic heterocycles. The number of benzene rings is 8. The summed E-state index contributed by atoms with van der Waals surface area (Å²) in [6, 6.07) is 61.6. The molecule has 0 atom stereocenters. The highest BCUT2D eigenvalue weighted by Gasteiger charge is 2.53. The first-order valence-corrected chi connectivity index (χ1v) is 42.7. The van der Waals surface area contributed by atoms with Crippen molar-refractivity contribution in [3.8, 4) is 62.8 Å². The van der Waals surface area contributed by atoms with E-state index in [-0.39, 0.29) is 82.3 Å². The molecule has 8 heterocycles. The van der Waals surface area contributed by atoms with Crippen molar-refractivity contribution >= 4 is 107 Å². The fourth-order valence-corrected chi connectivity index (χ4v) is 13.4. The number of amides is 4. The Morgan fingerprint density at radius 1 is 0.417 bits per heavy atom. The molecule has 0 aliphatic carbocycles. The Bertz CT molecular complexity index is 5690. The molecule has 0 spiro atoms. The Balaban J connectivity index is 0.000000168. The number of allylic oxidation sites excluding steroid dienone is 1. The number of aromatic hydroxyl groups is 1. The first-order chi connectivity index (χ1) is 62.8. The number of anilines is 3. The fraction of sp³-hybridized carbons (Fsp3) is 0.250. The van der Waals surface area contributed by atoms with E-state index in [4.69, 9.17) is 93.2 Å². The highest BCUT2D eigenvalue weighted by atomic mass is 35.5. The molecule has 0 radical (unpaired) electrons. The van der Waals surface area contributed by atoms with Crippen molar-refractivity contribution in [2.75, 3.05) is 93.2 Å². The lowest BCUT2D eigenvalue weighted by Gasteiger charge is -2.35. The van der Waals surface area contributed by atoms with E-state index < -0.39 is 30.1 Å². The van der Waals surface area contributed by atoms with Gasteiger partial charge in [0.25, 0.3) is 17.7 Å². The second-order valence-corrected chi connectivity index (χ2v) is 32.9. The zero-order valence-electron chi connectivity index (χ0n) is 74.1. The number of carbonyl (C=O) groups excluding carboxylic acids is 5. The van der Waals surface area contributed by atoms with Crippen molar-refractivity contribution in [1.29, 1.82) is 0 Å². The van der Waals surface area contributed by atoms with E-state index in [1.165, 1.54) is 66.7 Å². The third-order valence-corrected chi connectivity index (χ3v) is 22.4. The summed E-state index contributed by atoms with van der Waals surface area (Å²) in [7, 11) is -2.26. The first kappa shape index (κ1) is 101. The topological polar surface area (TPSA) is 364 Å². The summed E-state index contributed by atoms with van der Waals surface area (Å²) in [4.78, 5) is 77.9. The summed E-state index contributed by atoms with van der Waals surface area (Å²) in [5.74, 6) is 2.98. The van der Waals surface area contributed by atoms with Crippen LogP contribution in [-0.4, -0.2) is 186 Å². The zero-order chi connectivity index (χ0) is 95.6. The summed E-state index contributed by atoms with van der Waals surface area (Å²) >= 11 is 10.6. The molecule has 36 heteroatoms. The third kappa shape index (κ3) is 28.8. The van der Waals surface area contributed by atoms with E-state index in [1.54, 1.807) is 120 Å². The van der Waals surface area contributed by atoms with Gasteiger partial charge in [-0.05, 0) is 290 Å². The Hall–Kier alpha value is -13.0. The minimum Gasteiger partial charge on any atom is -0.508 e. The molecule has 0 unspecified atom stereocenters. The molecule has 0 saturated carbocycles. The molecule has 8 aromatic carbocycles. The number of halogens is 6. The summed E-state index contributed by atoms with van der Waals surface area (Å²) in [6.45, 7) is 32.3. The number of rotatable bonds is 19. The van der Waals surface area contributed by atoms with Crippen LogP contribution in [0.4, 0.5) is 35.0 Å². The smallest absolute Gasteiger partial charge is 0.494 e. The number of carbonyl (C=O) groups is 5. The van der Waals surface area contributed by atoms with Gasteiger partial charge in [-0.2, -0.15) is 0 Å². The standard InChI is InChI=1S/C25H23FN4O3.C22H21FN4O2.C18H20BFO3.C12H17BO3.C10H13ClN4O.C6H6BFO2.C3H3ClO/c1-2-23(31)30-15-13-29(14-16-30)22-12-11-21(25(27)32)24(28-22)17-3-7-19(8-4-17)33-20-9-5-18(26)6-10-20;23-16-3-7-18(8-4-16)29-17-5-1-15(2-6-17)21-19(22(24)28)9-10-20(26-21)27-13-11-25-12-14-27;1-17(2)18(3,4)23-19(22-17)13-5-9-15(10-6-13)21-16-11-7-14(20)8-12-16;1-11(2)12(3,4)16-13(15-11)9-5-7-10(14)8-6-9;11-9-7(10(12)16)1-2-8(14-9)15-5-3-13-4-6-15;8-6-3-1-5(2-4-6)7(9)10;1-2-3(4)5/h2-12H,1,13-16H2,(H2,27,32);1-10,25H,11-14H2,(H2,24,28);5-12H,1-4H3;5-8,14H,1-4H3;1-2,13H,3-6H2,(H2,12,16);1-4,9-10H;2H,1H2. The quantitative estimate of drug-likeness (QED) is 0.0123. The summed E-state index contributed by atoms with van der Waals surface area (Å²) in [5, 5.41) is 32.5. The maximum Gasteiger partial charge on any atom is 0.494 e. The van der Waals surface area contributed by atoms with Crippen molar-refractivity contribution in [2.45, 2.75) is 77.8 Å². The van der Waals surface area contributed by atoms with Gasteiger partial charge in [-0.3, -0.25) is 24.0 Å². The zero-order valence-corrected chi connectivity index (χ0v) is 75.6. The highest BCUT2D eigenvalue weighted by molar-refractivity contribution is 6.66. The molecular weight excluding hydrogens is 1740 g/mol. The van der Waals surface area contributed by atoms with Crippen LogP contribution < -0.4 is 73.1 Å². The first-order valence-electron chi connectivity index (χ1n) is 42.0. The van der Waals surface area contributed by atoms with E-state index in [1.807, 2.05) is 110 Å². The number of phenols is 1. The van der Waals surface area contributed by atoms with Crippen molar-refractivity contribution in [2.24, 2.45) is 17.2 Å². The Kier molecular flexibility index (Phi) is 35.8. The van der Waals surface area contributed by atoms with Gasteiger partial charge in [-0.1, -0.05) is 61.2 Å². The largest absolute Gasteiger partial charge is 0.508 e. The maximum absolute atomic E-state index is 13.1. The van der Waals surface area contributed by atoms with Crippen LogP contribution in [0.5, 0.6) is 40.2 Å². The lowest BCUT2D eigenvalue weighted by molar-refractivity contribution is -0.126. The van der Waals surface area contributed by atoms with Gasteiger partial charge in [-0.15, -0.1) is 0 Å². The van der Waals surface area contributed by atoms with E-state index in [0.717, 1.165) is 86.6 Å². The second kappa shape index (κ2) is 46.7. The lowest BCUT2D eigenvalue weighted by Crippen LogP contribution is -2.48. The molecule has 11 N–H and O–H groups in total. The number of piperazine rings is 3. The minimum atomic E-state index is -1.51. The van der Waals surface area contributed by atoms with Crippen LogP contribution in [0.25, 0.3) is 22.5 Å². The number of primary amides is 3. The van der Waals surface area contributed by atoms with Crippen LogP contribution in [0.2, 0.25) is 5.15 Å². The number of aromatic nitrogens is 3. The highest BCUT2D eigenvalue weighted by Crippen LogP contribution is 2.39. The lowest BCUT2D eigenvalue weighted by atomic mass is 9.79. The molecule has 5 aliphatic rings. The van der Waals surface area contributed by atoms with Gasteiger partial charge < -0.3 is 95.4 Å². The van der Waals surface area contributed by atoms with Crippen molar-refractivity contribution < 1.29 is 89.5 Å². The maximum atomic E-state index is 13.1. The van der Waals surface area contributed by atoms with Gasteiger partial charge in [0.05, 0.1) is 50.5 Å². The number of nitrogens with zero attached hydrogens (tertiary/aromatic N) is 7. The van der Waals surface area contributed by atoms with Crippen LogP contribution in [0, 0.1) is 23.3 Å². The molecule has 11 aromatic rings. The van der Waals surface area contributed by atoms with Gasteiger partial charge in [0.1, 0.15) is 86.1 Å². The molecule has 132 heavy (non-hydrogen) atoms. The molecule has 688 valence electrons. The Morgan fingerprint density at radius 3 is 0.992 bits per heavy atom. The average molecular weight is 1840 g/mol. The van der Waals surface area contributed by atoms with Crippen molar-refractivity contribution in [1.82, 2.24) is 30.5 Å². The van der Waals surface area contributed by atoms with E-state index >= 15 is 0 Å².